The summed E-state index contributed by atoms with van der Waals surface area (Å²) in [5, 5.41) is 10.3. The summed E-state index contributed by atoms with van der Waals surface area (Å²) < 4.78 is 8.55. The van der Waals surface area contributed by atoms with Gasteiger partial charge in [-0.15, -0.1) is 0 Å². The van der Waals surface area contributed by atoms with Crippen molar-refractivity contribution in [2.75, 3.05) is 12.3 Å². The van der Waals surface area contributed by atoms with E-state index in [2.05, 4.69) is 63.2 Å². The molecule has 0 amide bonds. The van der Waals surface area contributed by atoms with Crippen molar-refractivity contribution in [2.24, 2.45) is 5.92 Å². The van der Waals surface area contributed by atoms with E-state index in [-0.39, 0.29) is 12.7 Å². The van der Waals surface area contributed by atoms with Crippen molar-refractivity contribution in [3.63, 3.8) is 0 Å². The molecule has 2 aromatic carbocycles. The van der Waals surface area contributed by atoms with Crippen LogP contribution in [0.2, 0.25) is 0 Å². The fraction of sp³-hybridized carbons (Fsp3) is 0.231. The van der Waals surface area contributed by atoms with Gasteiger partial charge in [-0.25, -0.2) is 9.97 Å². The van der Waals surface area contributed by atoms with Crippen molar-refractivity contribution in [3.05, 3.63) is 78.3 Å². The molecule has 160 valence electrons. The first-order valence-electron chi connectivity index (χ1n) is 11.0. The molecule has 4 aromatic rings. The van der Waals surface area contributed by atoms with Gasteiger partial charge in [-0.3, -0.25) is 0 Å². The molecule has 1 aliphatic heterocycles. The second-order valence-corrected chi connectivity index (χ2v) is 8.64. The Hall–Kier alpha value is -3.64. The maximum absolute atomic E-state index is 9.43. The van der Waals surface area contributed by atoms with E-state index in [1.54, 1.807) is 0 Å². The van der Waals surface area contributed by atoms with Gasteiger partial charge < -0.3 is 20.1 Å². The third-order valence-electron chi connectivity index (χ3n) is 6.66. The fourth-order valence-corrected chi connectivity index (χ4v) is 4.81. The number of nitrogens with two attached hydrogens (primary N) is 1. The molecular weight excluding hydrogens is 400 g/mol. The molecule has 3 N–H and O–H groups in total. The minimum absolute atomic E-state index is 0.112. The van der Waals surface area contributed by atoms with E-state index in [4.69, 9.17) is 10.5 Å². The summed E-state index contributed by atoms with van der Waals surface area (Å²) in [5.41, 5.74) is 11.4. The van der Waals surface area contributed by atoms with Crippen LogP contribution in [0.3, 0.4) is 0 Å². The lowest BCUT2D eigenvalue weighted by Gasteiger charge is -2.35. The van der Waals surface area contributed by atoms with Crippen LogP contribution in [0.25, 0.3) is 28.2 Å². The normalized spacial score (nSPS) is 21.7. The van der Waals surface area contributed by atoms with Crippen molar-refractivity contribution in [1.29, 1.82) is 0 Å². The summed E-state index contributed by atoms with van der Waals surface area (Å²) in [5.74, 6) is 1.68. The van der Waals surface area contributed by atoms with Gasteiger partial charge in [0.1, 0.15) is 29.6 Å². The van der Waals surface area contributed by atoms with Crippen LogP contribution in [0.4, 0.5) is 5.82 Å². The summed E-state index contributed by atoms with van der Waals surface area (Å²) in [6.07, 6.45) is 9.63. The summed E-state index contributed by atoms with van der Waals surface area (Å²) in [4.78, 5) is 8.80. The molecule has 6 nitrogen and oxygen atoms in total. The van der Waals surface area contributed by atoms with Gasteiger partial charge in [0, 0.05) is 30.0 Å². The van der Waals surface area contributed by atoms with Crippen LogP contribution in [0.5, 0.6) is 5.75 Å². The lowest BCUT2D eigenvalue weighted by Crippen LogP contribution is -2.28. The van der Waals surface area contributed by atoms with Crippen LogP contribution < -0.4 is 10.5 Å². The molecule has 0 spiro atoms. The topological polar surface area (TPSA) is 86.2 Å². The zero-order valence-electron chi connectivity index (χ0n) is 17.6. The molecule has 1 saturated carbocycles. The molecule has 6 rings (SSSR count). The van der Waals surface area contributed by atoms with Gasteiger partial charge in [-0.1, -0.05) is 48.5 Å². The lowest BCUT2D eigenvalue weighted by atomic mass is 9.81. The highest BCUT2D eigenvalue weighted by molar-refractivity contribution is 6.01. The zero-order valence-corrected chi connectivity index (χ0v) is 17.6. The lowest BCUT2D eigenvalue weighted by molar-refractivity contribution is 0.114. The van der Waals surface area contributed by atoms with Gasteiger partial charge in [0.05, 0.1) is 5.39 Å². The fourth-order valence-electron chi connectivity index (χ4n) is 4.81. The van der Waals surface area contributed by atoms with E-state index in [1.165, 1.54) is 6.33 Å². The standard InChI is InChI=1S/C26H24N4O2/c27-25-24-21(13-30(26(24)29-15-28-25)20-10-16(11-20)14-31)19-7-6-18-8-9-22(32-23(18)12-19)17-4-2-1-3-5-17/h1-9,12-13,15-16,20,22,31H,10-11,14H2,(H2,27,28,29)/t16?,20?,22-/m0/s1. The molecular formula is C26H24N4O2. The first-order valence-corrected chi connectivity index (χ1v) is 11.0. The number of benzene rings is 2. The molecule has 3 heterocycles. The quantitative estimate of drug-likeness (QED) is 0.493. The van der Waals surface area contributed by atoms with E-state index < -0.39 is 0 Å². The average Bonchev–Trinajstić information content (AvgIpc) is 3.19. The largest absolute Gasteiger partial charge is 0.481 e. The van der Waals surface area contributed by atoms with Crippen molar-refractivity contribution in [3.8, 4) is 16.9 Å². The first-order chi connectivity index (χ1) is 15.7. The van der Waals surface area contributed by atoms with Crippen LogP contribution in [-0.4, -0.2) is 26.2 Å². The molecule has 6 heteroatoms. The van der Waals surface area contributed by atoms with E-state index in [0.29, 0.717) is 17.8 Å². The SMILES string of the molecule is Nc1ncnc2c1c(-c1ccc3c(c1)O[C@H](c1ccccc1)C=C3)cn2C1CC(CO)C1. The Bertz CT molecular complexity index is 1320. The molecule has 2 aromatic heterocycles. The van der Waals surface area contributed by atoms with Crippen molar-refractivity contribution in [1.82, 2.24) is 14.5 Å². The van der Waals surface area contributed by atoms with E-state index >= 15 is 0 Å². The Morgan fingerprint density at radius 3 is 2.75 bits per heavy atom. The smallest absolute Gasteiger partial charge is 0.146 e. The molecule has 1 aliphatic carbocycles. The highest BCUT2D eigenvalue weighted by Gasteiger charge is 2.32. The Labute approximate surface area is 186 Å². The van der Waals surface area contributed by atoms with Gasteiger partial charge in [0.25, 0.3) is 0 Å². The van der Waals surface area contributed by atoms with Crippen LogP contribution >= 0.6 is 0 Å². The third-order valence-corrected chi connectivity index (χ3v) is 6.66. The minimum atomic E-state index is -0.112. The molecule has 0 radical (unpaired) electrons. The summed E-state index contributed by atoms with van der Waals surface area (Å²) in [6, 6.07) is 16.8. The number of aromatic nitrogens is 3. The Balaban J connectivity index is 1.41. The molecule has 1 fully saturated rings. The van der Waals surface area contributed by atoms with E-state index in [9.17, 15) is 5.11 Å². The number of hydrogen-bond donors (Lipinski definition) is 2. The number of anilines is 1. The Morgan fingerprint density at radius 2 is 1.94 bits per heavy atom. The average molecular weight is 425 g/mol. The van der Waals surface area contributed by atoms with Gasteiger partial charge in [0.2, 0.25) is 0 Å². The minimum Gasteiger partial charge on any atom is -0.481 e. The number of aliphatic hydroxyl groups excluding tert-OH is 1. The molecule has 0 bridgehead atoms. The van der Waals surface area contributed by atoms with Gasteiger partial charge >= 0.3 is 0 Å². The Kier molecular flexibility index (Phi) is 4.47. The van der Waals surface area contributed by atoms with Crippen LogP contribution in [-0.2, 0) is 0 Å². The number of aliphatic hydroxyl groups is 1. The van der Waals surface area contributed by atoms with Crippen molar-refractivity contribution < 1.29 is 9.84 Å². The number of nitrogen functional groups attached to an aromatic ring is 1. The second-order valence-electron chi connectivity index (χ2n) is 8.64. The number of ether oxygens (including phenoxy) is 1. The first kappa shape index (κ1) is 19.1. The molecule has 0 unspecified atom stereocenters. The number of rotatable bonds is 4. The predicted octanol–water partition coefficient (Wildman–Crippen LogP) is 4.77. The molecule has 1 atom stereocenters. The molecule has 32 heavy (non-hydrogen) atoms. The summed E-state index contributed by atoms with van der Waals surface area (Å²) >= 11 is 0. The van der Waals surface area contributed by atoms with E-state index in [0.717, 1.165) is 51.9 Å². The molecule has 2 aliphatic rings. The molecule has 0 saturated heterocycles. The van der Waals surface area contributed by atoms with Crippen molar-refractivity contribution >= 4 is 22.9 Å². The van der Waals surface area contributed by atoms with Gasteiger partial charge in [-0.2, -0.15) is 0 Å². The number of hydrogen-bond acceptors (Lipinski definition) is 5. The van der Waals surface area contributed by atoms with E-state index in [1.807, 2.05) is 18.2 Å². The van der Waals surface area contributed by atoms with Gasteiger partial charge in [0.15, 0.2) is 0 Å². The third kappa shape index (κ3) is 3.07. The number of fused-ring (bicyclic) bond motifs is 2. The van der Waals surface area contributed by atoms with Crippen LogP contribution in [0, 0.1) is 5.92 Å². The maximum Gasteiger partial charge on any atom is 0.146 e. The second kappa shape index (κ2) is 7.50. The predicted molar refractivity (Wildman–Crippen MR) is 125 cm³/mol. The van der Waals surface area contributed by atoms with Gasteiger partial charge in [-0.05, 0) is 42.0 Å². The zero-order chi connectivity index (χ0) is 21.7. The van der Waals surface area contributed by atoms with Crippen LogP contribution in [0.1, 0.15) is 36.1 Å². The summed E-state index contributed by atoms with van der Waals surface area (Å²) in [7, 11) is 0. The summed E-state index contributed by atoms with van der Waals surface area (Å²) in [6.45, 7) is 0.234. The van der Waals surface area contributed by atoms with Crippen LogP contribution in [0.15, 0.2) is 67.1 Å². The monoisotopic (exact) mass is 424 g/mol. The Morgan fingerprint density at radius 1 is 1.09 bits per heavy atom. The maximum atomic E-state index is 9.43. The van der Waals surface area contributed by atoms with Crippen molar-refractivity contribution in [2.45, 2.75) is 25.0 Å². The highest BCUT2D eigenvalue weighted by Crippen LogP contribution is 2.44. The number of nitrogens with zero attached hydrogens (tertiary/aromatic N) is 3. The highest BCUT2D eigenvalue weighted by atomic mass is 16.5.